The molecule has 0 aliphatic carbocycles. The van der Waals surface area contributed by atoms with E-state index in [4.69, 9.17) is 4.42 Å². The summed E-state index contributed by atoms with van der Waals surface area (Å²) in [4.78, 5) is 24.4. The summed E-state index contributed by atoms with van der Waals surface area (Å²) < 4.78 is 31.8. The number of non-ortho nitro benzene ring substituents is 1. The standard InChI is InChI=1S/C14H18N4O6S/c1-25(22,23)15-10-3-2-6-16(8-10)9-17-12-7-11(18(20)21)4-5-13(12)24-14(17)19/h4-5,7,10,15H,2-3,6,8-9H2,1H3/t10-/m0/s1. The van der Waals surface area contributed by atoms with Crippen LogP contribution in [0.25, 0.3) is 11.1 Å². The average molecular weight is 370 g/mol. The largest absolute Gasteiger partial charge is 0.421 e. The Kier molecular flexibility index (Phi) is 4.62. The van der Waals surface area contributed by atoms with Crippen LogP contribution in [0.1, 0.15) is 12.8 Å². The van der Waals surface area contributed by atoms with Crippen LogP contribution >= 0.6 is 0 Å². The van der Waals surface area contributed by atoms with Gasteiger partial charge in [0, 0.05) is 24.7 Å². The second-order valence-corrected chi connectivity index (χ2v) is 7.93. The highest BCUT2D eigenvalue weighted by atomic mass is 32.2. The summed E-state index contributed by atoms with van der Waals surface area (Å²) in [5.41, 5.74) is 0.494. The lowest BCUT2D eigenvalue weighted by Crippen LogP contribution is -2.48. The first-order valence-electron chi connectivity index (χ1n) is 7.70. The molecule has 0 bridgehead atoms. The summed E-state index contributed by atoms with van der Waals surface area (Å²) in [6.45, 7) is 1.31. The molecule has 25 heavy (non-hydrogen) atoms. The van der Waals surface area contributed by atoms with Crippen LogP contribution in [0.2, 0.25) is 0 Å². The molecule has 1 N–H and O–H groups in total. The molecule has 0 radical (unpaired) electrons. The molecule has 1 fully saturated rings. The number of benzene rings is 1. The quantitative estimate of drug-likeness (QED) is 0.598. The fraction of sp³-hybridized carbons (Fsp3) is 0.500. The Labute approximate surface area is 143 Å². The predicted molar refractivity (Wildman–Crippen MR) is 89.7 cm³/mol. The number of fused-ring (bicyclic) bond motifs is 1. The Balaban J connectivity index is 1.84. The van der Waals surface area contributed by atoms with Gasteiger partial charge in [0.05, 0.1) is 23.4 Å². The molecule has 10 nitrogen and oxygen atoms in total. The van der Waals surface area contributed by atoms with Gasteiger partial charge in [0.15, 0.2) is 5.58 Å². The first-order chi connectivity index (χ1) is 11.7. The van der Waals surface area contributed by atoms with Crippen LogP contribution < -0.4 is 10.5 Å². The molecular formula is C14H18N4O6S. The summed E-state index contributed by atoms with van der Waals surface area (Å²) in [6.07, 6.45) is 2.60. The monoisotopic (exact) mass is 370 g/mol. The summed E-state index contributed by atoms with van der Waals surface area (Å²) in [7, 11) is -3.31. The Morgan fingerprint density at radius 2 is 2.20 bits per heavy atom. The molecule has 3 rings (SSSR count). The molecule has 136 valence electrons. The third kappa shape index (κ3) is 4.06. The first-order valence-corrected chi connectivity index (χ1v) is 9.59. The number of nitrogens with one attached hydrogen (secondary N) is 1. The topological polar surface area (TPSA) is 128 Å². The van der Waals surface area contributed by atoms with Crippen molar-refractivity contribution in [2.24, 2.45) is 0 Å². The number of sulfonamides is 1. The van der Waals surface area contributed by atoms with Gasteiger partial charge in [-0.2, -0.15) is 0 Å². The lowest BCUT2D eigenvalue weighted by Gasteiger charge is -2.32. The SMILES string of the molecule is CS(=O)(=O)N[C@H]1CCCN(Cn2c(=O)oc3ccc([N+](=O)[O-])cc32)C1. The lowest BCUT2D eigenvalue weighted by atomic mass is 10.1. The van der Waals surface area contributed by atoms with E-state index >= 15 is 0 Å². The van der Waals surface area contributed by atoms with Gasteiger partial charge in [-0.25, -0.2) is 17.9 Å². The molecule has 1 atom stereocenters. The summed E-state index contributed by atoms with van der Waals surface area (Å²) in [5, 5.41) is 10.9. The van der Waals surface area contributed by atoms with Gasteiger partial charge >= 0.3 is 5.76 Å². The van der Waals surface area contributed by atoms with E-state index in [9.17, 15) is 23.3 Å². The Morgan fingerprint density at radius 1 is 1.44 bits per heavy atom. The van der Waals surface area contributed by atoms with Gasteiger partial charge in [-0.05, 0) is 25.5 Å². The van der Waals surface area contributed by atoms with E-state index in [0.29, 0.717) is 18.6 Å². The molecule has 1 aromatic heterocycles. The normalized spacial score (nSPS) is 19.3. The second-order valence-electron chi connectivity index (χ2n) is 6.15. The number of nitro benzene ring substituents is 1. The predicted octanol–water partition coefficient (Wildman–Crippen LogP) is 0.474. The number of aromatic nitrogens is 1. The molecule has 2 aromatic rings. The minimum atomic E-state index is -3.31. The Morgan fingerprint density at radius 3 is 2.88 bits per heavy atom. The average Bonchev–Trinajstić information content (AvgIpc) is 2.81. The maximum atomic E-state index is 12.1. The van der Waals surface area contributed by atoms with Gasteiger partial charge in [0.1, 0.15) is 0 Å². The molecule has 2 heterocycles. The summed E-state index contributed by atoms with van der Waals surface area (Å²) in [6, 6.07) is 3.75. The molecule has 1 aromatic carbocycles. The van der Waals surface area contributed by atoms with Crippen molar-refractivity contribution < 1.29 is 17.8 Å². The summed E-state index contributed by atoms with van der Waals surface area (Å²) in [5.74, 6) is -0.603. The summed E-state index contributed by atoms with van der Waals surface area (Å²) >= 11 is 0. The first kappa shape index (κ1) is 17.6. The van der Waals surface area contributed by atoms with Crippen molar-refractivity contribution in [1.29, 1.82) is 0 Å². The number of nitro groups is 1. The van der Waals surface area contributed by atoms with Gasteiger partial charge < -0.3 is 4.42 Å². The van der Waals surface area contributed by atoms with Crippen LogP contribution in [0.5, 0.6) is 0 Å². The van der Waals surface area contributed by atoms with Crippen LogP contribution in [-0.4, -0.2) is 48.2 Å². The van der Waals surface area contributed by atoms with Gasteiger partial charge in [-0.1, -0.05) is 0 Å². The van der Waals surface area contributed by atoms with Crippen LogP contribution in [0.4, 0.5) is 5.69 Å². The molecule has 1 aliphatic rings. The van der Waals surface area contributed by atoms with Crippen LogP contribution in [0, 0.1) is 10.1 Å². The zero-order valence-electron chi connectivity index (χ0n) is 13.5. The van der Waals surface area contributed by atoms with E-state index in [1.807, 2.05) is 4.90 Å². The van der Waals surface area contributed by atoms with Crippen molar-refractivity contribution in [1.82, 2.24) is 14.2 Å². The molecule has 0 saturated carbocycles. The minimum absolute atomic E-state index is 0.127. The van der Waals surface area contributed by atoms with Crippen LogP contribution in [0.3, 0.4) is 0 Å². The van der Waals surface area contributed by atoms with Crippen molar-refractivity contribution in [2.75, 3.05) is 19.3 Å². The van der Waals surface area contributed by atoms with E-state index in [1.54, 1.807) is 0 Å². The van der Waals surface area contributed by atoms with E-state index < -0.39 is 20.7 Å². The van der Waals surface area contributed by atoms with E-state index in [0.717, 1.165) is 19.1 Å². The van der Waals surface area contributed by atoms with E-state index in [1.165, 1.54) is 22.8 Å². The van der Waals surface area contributed by atoms with Crippen LogP contribution in [-0.2, 0) is 16.7 Å². The minimum Gasteiger partial charge on any atom is -0.408 e. The number of hydrogen-bond donors (Lipinski definition) is 1. The van der Waals surface area contributed by atoms with Crippen molar-refractivity contribution in [3.05, 3.63) is 38.9 Å². The van der Waals surface area contributed by atoms with E-state index in [2.05, 4.69) is 4.72 Å². The second kappa shape index (κ2) is 6.58. The molecular weight excluding hydrogens is 352 g/mol. The highest BCUT2D eigenvalue weighted by molar-refractivity contribution is 7.88. The van der Waals surface area contributed by atoms with Gasteiger partial charge in [-0.15, -0.1) is 0 Å². The van der Waals surface area contributed by atoms with Gasteiger partial charge in [0.25, 0.3) is 5.69 Å². The van der Waals surface area contributed by atoms with E-state index in [-0.39, 0.29) is 24.0 Å². The number of piperidine rings is 1. The third-order valence-electron chi connectivity index (χ3n) is 4.09. The fourth-order valence-corrected chi connectivity index (χ4v) is 3.88. The number of oxazole rings is 1. The molecule has 0 spiro atoms. The van der Waals surface area contributed by atoms with Gasteiger partial charge in [-0.3, -0.25) is 19.6 Å². The highest BCUT2D eigenvalue weighted by Crippen LogP contribution is 2.21. The Bertz CT molecular complexity index is 963. The molecule has 11 heteroatoms. The molecule has 1 aliphatic heterocycles. The zero-order valence-corrected chi connectivity index (χ0v) is 14.4. The van der Waals surface area contributed by atoms with Crippen molar-refractivity contribution in [3.8, 4) is 0 Å². The number of nitrogens with zero attached hydrogens (tertiary/aromatic N) is 3. The number of likely N-dealkylation sites (tertiary alicyclic amines) is 1. The smallest absolute Gasteiger partial charge is 0.408 e. The molecule has 0 amide bonds. The maximum Gasteiger partial charge on any atom is 0.421 e. The number of rotatable bonds is 5. The lowest BCUT2D eigenvalue weighted by molar-refractivity contribution is -0.384. The van der Waals surface area contributed by atoms with Crippen LogP contribution in [0.15, 0.2) is 27.4 Å². The zero-order chi connectivity index (χ0) is 18.2. The van der Waals surface area contributed by atoms with Crippen molar-refractivity contribution in [2.45, 2.75) is 25.6 Å². The van der Waals surface area contributed by atoms with Crippen molar-refractivity contribution >= 4 is 26.8 Å². The highest BCUT2D eigenvalue weighted by Gasteiger charge is 2.24. The van der Waals surface area contributed by atoms with Crippen molar-refractivity contribution in [3.63, 3.8) is 0 Å². The fourth-order valence-electron chi connectivity index (χ4n) is 3.08. The third-order valence-corrected chi connectivity index (χ3v) is 4.85. The van der Waals surface area contributed by atoms with Gasteiger partial charge in [0.2, 0.25) is 10.0 Å². The molecule has 0 unspecified atom stereocenters. The maximum absolute atomic E-state index is 12.1. The molecule has 1 saturated heterocycles. The Hall–Kier alpha value is -2.24. The number of hydrogen-bond acceptors (Lipinski definition) is 7.